The number of amides is 1. The van der Waals surface area contributed by atoms with Gasteiger partial charge in [0.05, 0.1) is 11.4 Å². The van der Waals surface area contributed by atoms with Crippen LogP contribution in [0.3, 0.4) is 0 Å². The molecule has 0 saturated carbocycles. The number of para-hydroxylation sites is 1. The maximum atomic E-state index is 13.5. The number of halogens is 4. The highest BCUT2D eigenvalue weighted by Crippen LogP contribution is 2.59. The van der Waals surface area contributed by atoms with E-state index in [0.717, 1.165) is 11.0 Å². The van der Waals surface area contributed by atoms with Gasteiger partial charge >= 0.3 is 6.18 Å². The standard InChI is InChI=1S/C15H7ClF3NO2S/c16-7-4-5-10-9(6-7)20-12-8(2-1-3-11(12)23-10)14(22,13(20)21)15(17,18)19/h1-6,22H. The normalized spacial score (nSPS) is 22.1. The van der Waals surface area contributed by atoms with Crippen LogP contribution in [-0.2, 0) is 10.4 Å². The lowest BCUT2D eigenvalue weighted by atomic mass is 9.95. The summed E-state index contributed by atoms with van der Waals surface area (Å²) in [5.41, 5.74) is -3.70. The molecule has 0 fully saturated rings. The van der Waals surface area contributed by atoms with Crippen LogP contribution < -0.4 is 4.90 Å². The average Bonchev–Trinajstić information content (AvgIpc) is 2.72. The van der Waals surface area contributed by atoms with Gasteiger partial charge in [0.1, 0.15) is 0 Å². The van der Waals surface area contributed by atoms with Gasteiger partial charge in [-0.05, 0) is 24.3 Å². The van der Waals surface area contributed by atoms with E-state index in [1.807, 2.05) is 0 Å². The molecule has 1 N–H and O–H groups in total. The third kappa shape index (κ3) is 1.75. The molecular formula is C15H7ClF3NO2S. The Hall–Kier alpha value is -1.70. The topological polar surface area (TPSA) is 40.5 Å². The zero-order valence-corrected chi connectivity index (χ0v) is 12.8. The Labute approximate surface area is 137 Å². The Morgan fingerprint density at radius 1 is 1.17 bits per heavy atom. The molecule has 3 nitrogen and oxygen atoms in total. The second kappa shape index (κ2) is 4.43. The van der Waals surface area contributed by atoms with Crippen LogP contribution >= 0.6 is 23.4 Å². The van der Waals surface area contributed by atoms with Crippen LogP contribution in [0, 0.1) is 0 Å². The van der Waals surface area contributed by atoms with E-state index in [2.05, 4.69) is 0 Å². The van der Waals surface area contributed by atoms with Crippen molar-refractivity contribution < 1.29 is 23.1 Å². The van der Waals surface area contributed by atoms with Crippen molar-refractivity contribution in [1.82, 2.24) is 0 Å². The van der Waals surface area contributed by atoms with Crippen LogP contribution in [0.5, 0.6) is 0 Å². The van der Waals surface area contributed by atoms with E-state index in [-0.39, 0.29) is 11.4 Å². The minimum absolute atomic E-state index is 0.0668. The summed E-state index contributed by atoms with van der Waals surface area (Å²) in [6.45, 7) is 0. The number of alkyl halides is 3. The first-order valence-corrected chi connectivity index (χ1v) is 7.69. The van der Waals surface area contributed by atoms with Gasteiger partial charge < -0.3 is 5.11 Å². The Bertz CT molecular complexity index is 870. The Morgan fingerprint density at radius 2 is 1.91 bits per heavy atom. The summed E-state index contributed by atoms with van der Waals surface area (Å²) >= 11 is 7.15. The molecule has 8 heteroatoms. The van der Waals surface area contributed by atoms with E-state index in [1.54, 1.807) is 18.2 Å². The number of fused-ring (bicyclic) bond motifs is 2. The summed E-state index contributed by atoms with van der Waals surface area (Å²) in [4.78, 5) is 14.5. The van der Waals surface area contributed by atoms with Gasteiger partial charge in [0.25, 0.3) is 11.5 Å². The number of rotatable bonds is 0. The molecule has 0 bridgehead atoms. The molecule has 2 aromatic carbocycles. The van der Waals surface area contributed by atoms with Crippen molar-refractivity contribution in [3.8, 4) is 0 Å². The molecule has 0 radical (unpaired) electrons. The summed E-state index contributed by atoms with van der Waals surface area (Å²) in [5.74, 6) is -1.43. The number of nitrogens with zero attached hydrogens (tertiary/aromatic N) is 1. The fourth-order valence-electron chi connectivity index (χ4n) is 2.88. The van der Waals surface area contributed by atoms with Gasteiger partial charge in [0.2, 0.25) is 0 Å². The first-order valence-electron chi connectivity index (χ1n) is 6.49. The number of hydrogen-bond donors (Lipinski definition) is 1. The van der Waals surface area contributed by atoms with E-state index in [9.17, 15) is 23.1 Å². The number of hydrogen-bond acceptors (Lipinski definition) is 3. The first-order chi connectivity index (χ1) is 10.7. The van der Waals surface area contributed by atoms with Gasteiger partial charge in [-0.3, -0.25) is 9.69 Å². The molecule has 0 aliphatic carbocycles. The molecule has 0 spiro atoms. The molecule has 4 rings (SSSR count). The number of carbonyl (C=O) groups is 1. The molecule has 118 valence electrons. The van der Waals surface area contributed by atoms with Crippen LogP contribution in [0.25, 0.3) is 0 Å². The van der Waals surface area contributed by atoms with Gasteiger partial charge in [-0.15, -0.1) is 0 Å². The molecule has 1 amide bonds. The number of anilines is 2. The van der Waals surface area contributed by atoms with Crippen LogP contribution in [0.15, 0.2) is 46.2 Å². The van der Waals surface area contributed by atoms with Crippen molar-refractivity contribution in [2.45, 2.75) is 21.6 Å². The quantitative estimate of drug-likeness (QED) is 0.767. The molecule has 2 aliphatic rings. The molecule has 1 atom stereocenters. The summed E-state index contributed by atoms with van der Waals surface area (Å²) in [7, 11) is 0. The van der Waals surface area contributed by atoms with E-state index in [1.165, 1.54) is 23.9 Å². The van der Waals surface area contributed by atoms with E-state index in [0.29, 0.717) is 14.8 Å². The van der Waals surface area contributed by atoms with E-state index in [4.69, 9.17) is 11.6 Å². The Kier molecular flexibility index (Phi) is 2.87. The maximum Gasteiger partial charge on any atom is 0.430 e. The number of aliphatic hydroxyl groups is 1. The molecular weight excluding hydrogens is 351 g/mol. The fraction of sp³-hybridized carbons (Fsp3) is 0.133. The Morgan fingerprint density at radius 3 is 2.61 bits per heavy atom. The number of benzene rings is 2. The van der Waals surface area contributed by atoms with Crippen molar-refractivity contribution in [3.63, 3.8) is 0 Å². The lowest BCUT2D eigenvalue weighted by Crippen LogP contribution is -2.49. The van der Waals surface area contributed by atoms with Gasteiger partial charge in [0.15, 0.2) is 0 Å². The molecule has 2 aliphatic heterocycles. The summed E-state index contributed by atoms with van der Waals surface area (Å²) in [5, 5.41) is 10.5. The van der Waals surface area contributed by atoms with Gasteiger partial charge in [-0.2, -0.15) is 13.2 Å². The van der Waals surface area contributed by atoms with Gasteiger partial charge in [-0.25, -0.2) is 0 Å². The van der Waals surface area contributed by atoms with Crippen molar-refractivity contribution in [2.24, 2.45) is 0 Å². The highest BCUT2D eigenvalue weighted by atomic mass is 35.5. The third-order valence-electron chi connectivity index (χ3n) is 3.92. The van der Waals surface area contributed by atoms with Crippen molar-refractivity contribution in [1.29, 1.82) is 0 Å². The Balaban J connectivity index is 2.06. The predicted octanol–water partition coefficient (Wildman–Crippen LogP) is 4.23. The van der Waals surface area contributed by atoms with Gasteiger partial charge in [-0.1, -0.05) is 35.5 Å². The zero-order valence-electron chi connectivity index (χ0n) is 11.2. The molecule has 1 unspecified atom stereocenters. The average molecular weight is 358 g/mol. The van der Waals surface area contributed by atoms with Crippen molar-refractivity contribution >= 4 is 40.6 Å². The van der Waals surface area contributed by atoms with Crippen molar-refractivity contribution in [2.75, 3.05) is 4.90 Å². The maximum absolute atomic E-state index is 13.5. The van der Waals surface area contributed by atoms with Gasteiger partial charge in [0, 0.05) is 20.4 Å². The number of carbonyl (C=O) groups excluding carboxylic acids is 1. The molecule has 2 aromatic rings. The highest BCUT2D eigenvalue weighted by molar-refractivity contribution is 7.99. The largest absolute Gasteiger partial charge is 0.430 e. The lowest BCUT2D eigenvalue weighted by molar-refractivity contribution is -0.253. The van der Waals surface area contributed by atoms with Crippen LogP contribution in [-0.4, -0.2) is 17.2 Å². The lowest BCUT2D eigenvalue weighted by Gasteiger charge is -2.28. The third-order valence-corrected chi connectivity index (χ3v) is 5.27. The molecule has 2 heterocycles. The fourth-order valence-corrected chi connectivity index (χ4v) is 4.12. The van der Waals surface area contributed by atoms with E-state index < -0.39 is 23.2 Å². The summed E-state index contributed by atoms with van der Waals surface area (Å²) < 4.78 is 40.4. The van der Waals surface area contributed by atoms with Crippen LogP contribution in [0.2, 0.25) is 5.02 Å². The van der Waals surface area contributed by atoms with E-state index >= 15 is 0 Å². The molecule has 0 aromatic heterocycles. The second-order valence-electron chi connectivity index (χ2n) is 5.22. The monoisotopic (exact) mass is 357 g/mol. The molecule has 0 saturated heterocycles. The minimum Gasteiger partial charge on any atom is -0.368 e. The first kappa shape index (κ1) is 14.9. The predicted molar refractivity (Wildman–Crippen MR) is 79.1 cm³/mol. The zero-order chi connectivity index (χ0) is 16.6. The van der Waals surface area contributed by atoms with Crippen LogP contribution in [0.1, 0.15) is 5.56 Å². The minimum atomic E-state index is -5.13. The highest BCUT2D eigenvalue weighted by Gasteiger charge is 2.67. The smallest absolute Gasteiger partial charge is 0.368 e. The second-order valence-corrected chi connectivity index (χ2v) is 6.74. The van der Waals surface area contributed by atoms with Crippen LogP contribution in [0.4, 0.5) is 24.5 Å². The van der Waals surface area contributed by atoms with Crippen molar-refractivity contribution in [3.05, 3.63) is 47.0 Å². The summed E-state index contributed by atoms with van der Waals surface area (Å²) in [6, 6.07) is 8.79. The summed E-state index contributed by atoms with van der Waals surface area (Å²) in [6.07, 6.45) is -5.13. The SMILES string of the molecule is O=C1N2c3cc(Cl)ccc3Sc3cccc(c32)C1(O)C(F)(F)F. The molecule has 23 heavy (non-hydrogen) atoms.